The van der Waals surface area contributed by atoms with Gasteiger partial charge in [0.25, 0.3) is 5.60 Å². The zero-order valence-corrected chi connectivity index (χ0v) is 17.7. The van der Waals surface area contributed by atoms with Gasteiger partial charge in [-0.25, -0.2) is 0 Å². The molecule has 0 radical (unpaired) electrons. The van der Waals surface area contributed by atoms with Gasteiger partial charge in [0.05, 0.1) is 0 Å². The number of rotatable bonds is 8. The maximum atomic E-state index is 13.1. The molecule has 0 atom stereocenters. The number of aliphatic hydroxyl groups is 1. The molecule has 2 rings (SSSR count). The number of aryl methyl sites for hydroxylation is 1. The fraction of sp³-hybridized carbons (Fsp3) is 0.435. The Morgan fingerprint density at radius 1 is 0.906 bits per heavy atom. The zero-order chi connectivity index (χ0) is 24.2. The first-order valence-electron chi connectivity index (χ1n) is 10.2. The van der Waals surface area contributed by atoms with Crippen molar-refractivity contribution in [2.24, 2.45) is 0 Å². The Kier molecular flexibility index (Phi) is 7.98. The molecule has 2 aromatic rings. The van der Waals surface area contributed by atoms with Crippen LogP contribution in [0.4, 0.5) is 32.0 Å². The van der Waals surface area contributed by atoms with E-state index in [0.717, 1.165) is 31.7 Å². The van der Waals surface area contributed by atoms with E-state index < -0.39 is 23.5 Å². The monoisotopic (exact) mass is 461 g/mol. The van der Waals surface area contributed by atoms with Gasteiger partial charge in [-0.1, -0.05) is 56.5 Å². The van der Waals surface area contributed by atoms with E-state index in [1.54, 1.807) is 24.3 Å². The number of alkyl halides is 6. The average molecular weight is 461 g/mol. The topological polar surface area (TPSA) is 49.3 Å². The van der Waals surface area contributed by atoms with E-state index in [-0.39, 0.29) is 11.5 Å². The first-order valence-corrected chi connectivity index (χ1v) is 10.2. The molecule has 32 heavy (non-hydrogen) atoms. The molecule has 0 saturated heterocycles. The van der Waals surface area contributed by atoms with Crippen molar-refractivity contribution in [3.8, 4) is 11.1 Å². The lowest BCUT2D eigenvalue weighted by Crippen LogP contribution is -2.53. The summed E-state index contributed by atoms with van der Waals surface area (Å²) in [6.45, 7) is 3.43. The highest BCUT2D eigenvalue weighted by atomic mass is 19.4. The van der Waals surface area contributed by atoms with Crippen LogP contribution in [-0.4, -0.2) is 23.4 Å². The van der Waals surface area contributed by atoms with E-state index in [1.165, 1.54) is 6.92 Å². The molecule has 0 heterocycles. The van der Waals surface area contributed by atoms with Crippen LogP contribution in [-0.2, 0) is 10.4 Å². The highest BCUT2D eigenvalue weighted by Gasteiger charge is 2.71. The summed E-state index contributed by atoms with van der Waals surface area (Å²) in [5.41, 5.74) is -4.66. The van der Waals surface area contributed by atoms with Crippen molar-refractivity contribution in [2.75, 3.05) is 5.32 Å². The summed E-state index contributed by atoms with van der Waals surface area (Å²) in [6, 6.07) is 8.83. The van der Waals surface area contributed by atoms with Gasteiger partial charge >= 0.3 is 12.4 Å². The zero-order valence-electron chi connectivity index (χ0n) is 17.7. The number of benzene rings is 2. The quantitative estimate of drug-likeness (QED) is 0.332. The predicted octanol–water partition coefficient (Wildman–Crippen LogP) is 6.88. The summed E-state index contributed by atoms with van der Waals surface area (Å²) in [7, 11) is 0. The minimum absolute atomic E-state index is 0.127. The fourth-order valence-corrected chi connectivity index (χ4v) is 3.37. The van der Waals surface area contributed by atoms with Crippen LogP contribution in [0.25, 0.3) is 11.1 Å². The molecule has 0 fully saturated rings. The minimum atomic E-state index is -5.93. The Balaban J connectivity index is 2.21. The largest absolute Gasteiger partial charge is 0.430 e. The summed E-state index contributed by atoms with van der Waals surface area (Å²) < 4.78 is 78.6. The molecule has 2 aromatic carbocycles. The lowest BCUT2D eigenvalue weighted by atomic mass is 9.88. The first-order chi connectivity index (χ1) is 14.8. The van der Waals surface area contributed by atoms with Crippen molar-refractivity contribution < 1.29 is 36.2 Å². The SMILES string of the molecule is CCCCCCC(=O)Nc1ccc(-c2ccc(C(O)(C(F)(F)F)C(F)(F)F)cc2C)cc1. The van der Waals surface area contributed by atoms with E-state index in [4.69, 9.17) is 0 Å². The molecule has 0 aromatic heterocycles. The van der Waals surface area contributed by atoms with Crippen molar-refractivity contribution >= 4 is 11.6 Å². The van der Waals surface area contributed by atoms with Crippen molar-refractivity contribution in [3.05, 3.63) is 53.6 Å². The van der Waals surface area contributed by atoms with E-state index in [0.29, 0.717) is 35.4 Å². The molecule has 0 bridgehead atoms. The second-order valence-electron chi connectivity index (χ2n) is 7.67. The molecule has 176 valence electrons. The van der Waals surface area contributed by atoms with Crippen molar-refractivity contribution in [2.45, 2.75) is 63.9 Å². The van der Waals surface area contributed by atoms with Crippen molar-refractivity contribution in [1.29, 1.82) is 0 Å². The van der Waals surface area contributed by atoms with E-state index >= 15 is 0 Å². The van der Waals surface area contributed by atoms with Crippen LogP contribution in [0.2, 0.25) is 0 Å². The molecule has 2 N–H and O–H groups in total. The Bertz CT molecular complexity index is 906. The maximum Gasteiger partial charge on any atom is 0.430 e. The molecule has 0 aliphatic rings. The predicted molar refractivity (Wildman–Crippen MR) is 110 cm³/mol. The molecule has 0 aliphatic carbocycles. The maximum absolute atomic E-state index is 13.1. The van der Waals surface area contributed by atoms with Gasteiger partial charge in [-0.2, -0.15) is 26.3 Å². The summed E-state index contributed by atoms with van der Waals surface area (Å²) >= 11 is 0. The Labute approximate surface area is 182 Å². The number of hydrogen-bond donors (Lipinski definition) is 2. The van der Waals surface area contributed by atoms with Crippen LogP contribution in [0.15, 0.2) is 42.5 Å². The molecule has 3 nitrogen and oxygen atoms in total. The molecule has 9 heteroatoms. The Morgan fingerprint density at radius 3 is 2.00 bits per heavy atom. The smallest absolute Gasteiger partial charge is 0.369 e. The number of carbonyl (C=O) groups excluding carboxylic acids is 1. The normalized spacial score (nSPS) is 12.7. The van der Waals surface area contributed by atoms with Gasteiger partial charge in [0, 0.05) is 17.7 Å². The van der Waals surface area contributed by atoms with Gasteiger partial charge in [-0.15, -0.1) is 0 Å². The third-order valence-corrected chi connectivity index (χ3v) is 5.20. The van der Waals surface area contributed by atoms with Gasteiger partial charge < -0.3 is 10.4 Å². The second-order valence-corrected chi connectivity index (χ2v) is 7.67. The molecular formula is C23H25F6NO2. The lowest BCUT2D eigenvalue weighted by Gasteiger charge is -2.33. The third-order valence-electron chi connectivity index (χ3n) is 5.20. The average Bonchev–Trinajstić information content (AvgIpc) is 2.69. The fourth-order valence-electron chi connectivity index (χ4n) is 3.37. The lowest BCUT2D eigenvalue weighted by molar-refractivity contribution is -0.376. The van der Waals surface area contributed by atoms with Gasteiger partial charge in [-0.3, -0.25) is 4.79 Å². The number of anilines is 1. The van der Waals surface area contributed by atoms with Crippen LogP contribution >= 0.6 is 0 Å². The molecule has 0 spiro atoms. The van der Waals surface area contributed by atoms with Crippen molar-refractivity contribution in [1.82, 2.24) is 0 Å². The molecule has 0 aliphatic heterocycles. The van der Waals surface area contributed by atoms with E-state index in [2.05, 4.69) is 12.2 Å². The minimum Gasteiger partial charge on any atom is -0.369 e. The summed E-state index contributed by atoms with van der Waals surface area (Å²) in [5.74, 6) is -0.132. The van der Waals surface area contributed by atoms with Gasteiger partial charge in [0.15, 0.2) is 0 Å². The highest BCUT2D eigenvalue weighted by Crippen LogP contribution is 2.50. The summed E-state index contributed by atoms with van der Waals surface area (Å²) in [5, 5.41) is 12.3. The molecular weight excluding hydrogens is 436 g/mol. The van der Waals surface area contributed by atoms with E-state index in [1.807, 2.05) is 0 Å². The highest BCUT2D eigenvalue weighted by molar-refractivity contribution is 5.91. The first kappa shape index (κ1) is 25.7. The van der Waals surface area contributed by atoms with Gasteiger partial charge in [-0.05, 0) is 42.2 Å². The molecule has 1 amide bonds. The van der Waals surface area contributed by atoms with Crippen LogP contribution in [0.5, 0.6) is 0 Å². The Morgan fingerprint density at radius 2 is 1.50 bits per heavy atom. The number of hydrogen-bond acceptors (Lipinski definition) is 2. The molecule has 0 saturated carbocycles. The summed E-state index contributed by atoms with van der Waals surface area (Å²) in [4.78, 5) is 12.0. The second kappa shape index (κ2) is 9.94. The summed E-state index contributed by atoms with van der Waals surface area (Å²) in [6.07, 6.45) is -7.60. The van der Waals surface area contributed by atoms with Gasteiger partial charge in [0.1, 0.15) is 0 Å². The number of halogens is 6. The number of unbranched alkanes of at least 4 members (excludes halogenated alkanes) is 3. The third kappa shape index (κ3) is 5.62. The number of carbonyl (C=O) groups is 1. The van der Waals surface area contributed by atoms with Crippen molar-refractivity contribution in [3.63, 3.8) is 0 Å². The van der Waals surface area contributed by atoms with Crippen LogP contribution in [0.1, 0.15) is 50.2 Å². The van der Waals surface area contributed by atoms with Gasteiger partial charge in [0.2, 0.25) is 5.91 Å². The van der Waals surface area contributed by atoms with Crippen LogP contribution in [0.3, 0.4) is 0 Å². The standard InChI is InChI=1S/C23H25F6NO2/c1-3-4-5-6-7-20(31)30-18-11-8-16(9-12-18)19-13-10-17(14-15(19)2)21(32,22(24,25)26)23(27,28)29/h8-14,32H,3-7H2,1-2H3,(H,30,31). The molecule has 0 unspecified atom stereocenters. The number of nitrogens with one attached hydrogen (secondary N) is 1. The van der Waals surface area contributed by atoms with Crippen LogP contribution in [0, 0.1) is 6.92 Å². The Hall–Kier alpha value is -2.55. The van der Waals surface area contributed by atoms with E-state index in [9.17, 15) is 36.2 Å². The number of amides is 1. The van der Waals surface area contributed by atoms with Crippen LogP contribution < -0.4 is 5.32 Å².